The van der Waals surface area contributed by atoms with Gasteiger partial charge in [0.15, 0.2) is 0 Å². The van der Waals surface area contributed by atoms with Gasteiger partial charge >= 0.3 is 5.97 Å². The van der Waals surface area contributed by atoms with Gasteiger partial charge in [0.1, 0.15) is 17.1 Å². The van der Waals surface area contributed by atoms with E-state index in [2.05, 4.69) is 24.0 Å². The van der Waals surface area contributed by atoms with Gasteiger partial charge < -0.3 is 18.8 Å². The number of para-hydroxylation sites is 1. The molecule has 2 atom stereocenters. The van der Waals surface area contributed by atoms with Gasteiger partial charge in [0, 0.05) is 23.0 Å². The van der Waals surface area contributed by atoms with Gasteiger partial charge in [0.2, 0.25) is 5.89 Å². The number of carboxylic acids is 1. The van der Waals surface area contributed by atoms with Gasteiger partial charge in [-0.1, -0.05) is 42.3 Å². The third kappa shape index (κ3) is 4.64. The number of benzene rings is 2. The molecule has 2 aromatic carbocycles. The third-order valence-electron chi connectivity index (χ3n) is 6.85. The molecule has 2 aromatic heterocycles. The molecule has 1 saturated carbocycles. The lowest BCUT2D eigenvalue weighted by Gasteiger charge is -2.30. The van der Waals surface area contributed by atoms with Gasteiger partial charge in [-0.2, -0.15) is 0 Å². The Morgan fingerprint density at radius 3 is 2.74 bits per heavy atom. The number of oxazole rings is 1. The van der Waals surface area contributed by atoms with Crippen LogP contribution in [-0.2, 0) is 17.9 Å². The predicted octanol–water partition coefficient (Wildman–Crippen LogP) is 6.39. The molecule has 0 radical (unpaired) electrons. The number of hydrogen-bond acceptors (Lipinski definition) is 4. The number of aromatic nitrogens is 2. The predicted molar refractivity (Wildman–Crippen MR) is 131 cm³/mol. The molecular weight excluding hydrogens is 428 g/mol. The van der Waals surface area contributed by atoms with E-state index in [0.717, 1.165) is 53.6 Å². The highest BCUT2D eigenvalue weighted by atomic mass is 16.5. The highest BCUT2D eigenvalue weighted by Gasteiger charge is 2.26. The Hall–Kier alpha value is -3.38. The highest BCUT2D eigenvalue weighted by molar-refractivity contribution is 5.94. The van der Waals surface area contributed by atoms with Crippen LogP contribution in [0.5, 0.6) is 0 Å². The number of hydrogen-bond donors (Lipinski definition) is 1. The van der Waals surface area contributed by atoms with E-state index >= 15 is 0 Å². The van der Waals surface area contributed by atoms with Crippen LogP contribution in [0.4, 0.5) is 0 Å². The maximum absolute atomic E-state index is 11.8. The molecule has 1 N–H and O–H groups in total. The quantitative estimate of drug-likeness (QED) is 0.347. The van der Waals surface area contributed by atoms with E-state index in [1.54, 1.807) is 6.07 Å². The van der Waals surface area contributed by atoms with Crippen molar-refractivity contribution >= 4 is 16.9 Å². The van der Waals surface area contributed by atoms with Crippen LogP contribution in [0.3, 0.4) is 0 Å². The highest BCUT2D eigenvalue weighted by Crippen LogP contribution is 2.31. The molecule has 2 unspecified atom stereocenters. The van der Waals surface area contributed by atoms with E-state index in [9.17, 15) is 9.90 Å². The summed E-state index contributed by atoms with van der Waals surface area (Å²) in [5.41, 5.74) is 4.33. The fourth-order valence-corrected chi connectivity index (χ4v) is 4.98. The van der Waals surface area contributed by atoms with E-state index in [0.29, 0.717) is 30.7 Å². The van der Waals surface area contributed by atoms with Crippen molar-refractivity contribution in [1.29, 1.82) is 0 Å². The minimum Gasteiger partial charge on any atom is -0.477 e. The molecular formula is C28H30N2O4. The number of fused-ring (bicyclic) bond motifs is 1. The maximum atomic E-state index is 11.8. The third-order valence-corrected chi connectivity index (χ3v) is 6.85. The van der Waals surface area contributed by atoms with E-state index < -0.39 is 5.97 Å². The van der Waals surface area contributed by atoms with Crippen molar-refractivity contribution in [3.63, 3.8) is 0 Å². The van der Waals surface area contributed by atoms with Crippen LogP contribution in [0.25, 0.3) is 22.4 Å². The van der Waals surface area contributed by atoms with Gasteiger partial charge in [-0.25, -0.2) is 9.78 Å². The molecule has 34 heavy (non-hydrogen) atoms. The number of ether oxygens (including phenoxy) is 1. The van der Waals surface area contributed by atoms with Gasteiger partial charge in [-0.3, -0.25) is 0 Å². The van der Waals surface area contributed by atoms with E-state index in [-0.39, 0.29) is 6.10 Å². The van der Waals surface area contributed by atoms with Crippen molar-refractivity contribution < 1.29 is 19.1 Å². The van der Waals surface area contributed by atoms with Crippen LogP contribution >= 0.6 is 0 Å². The SMILES string of the molecule is Cc1ccc(-c2nc(COC3CCCC(Cn4c(C(=O)O)cc5ccccc54)C3)c(C)o2)cc1. The first-order chi connectivity index (χ1) is 16.5. The molecule has 1 aliphatic carbocycles. The van der Waals surface area contributed by atoms with Crippen molar-refractivity contribution in [2.45, 2.75) is 58.8 Å². The maximum Gasteiger partial charge on any atom is 0.352 e. The van der Waals surface area contributed by atoms with Gasteiger partial charge in [-0.15, -0.1) is 0 Å². The second-order valence-electron chi connectivity index (χ2n) is 9.36. The number of carboxylic acid groups (broad SMARTS) is 1. The molecule has 1 fully saturated rings. The molecule has 176 valence electrons. The molecule has 0 amide bonds. The molecule has 0 spiro atoms. The molecule has 0 bridgehead atoms. The zero-order valence-electron chi connectivity index (χ0n) is 19.7. The number of nitrogens with zero attached hydrogens (tertiary/aromatic N) is 2. The normalized spacial score (nSPS) is 18.4. The molecule has 6 nitrogen and oxygen atoms in total. The van der Waals surface area contributed by atoms with Crippen LogP contribution in [0.15, 0.2) is 59.0 Å². The molecule has 6 heteroatoms. The van der Waals surface area contributed by atoms with E-state index in [1.807, 2.05) is 47.9 Å². The Morgan fingerprint density at radius 1 is 1.15 bits per heavy atom. The first-order valence-corrected chi connectivity index (χ1v) is 11.9. The summed E-state index contributed by atoms with van der Waals surface area (Å²) in [6, 6.07) is 17.8. The number of aromatic carboxylic acids is 1. The van der Waals surface area contributed by atoms with Crippen molar-refractivity contribution in [1.82, 2.24) is 9.55 Å². The van der Waals surface area contributed by atoms with Gasteiger partial charge in [0.25, 0.3) is 0 Å². The zero-order valence-corrected chi connectivity index (χ0v) is 19.7. The second kappa shape index (κ2) is 9.47. The molecule has 1 aliphatic rings. The average Bonchev–Trinajstić information content (AvgIpc) is 3.39. The molecule has 0 saturated heterocycles. The molecule has 4 aromatic rings. The van der Waals surface area contributed by atoms with E-state index in [4.69, 9.17) is 9.15 Å². The van der Waals surface area contributed by atoms with Crippen LogP contribution in [0, 0.1) is 19.8 Å². The van der Waals surface area contributed by atoms with Gasteiger partial charge in [0.05, 0.1) is 12.7 Å². The van der Waals surface area contributed by atoms with Crippen LogP contribution in [-0.4, -0.2) is 26.7 Å². The number of carbonyl (C=O) groups is 1. The second-order valence-corrected chi connectivity index (χ2v) is 9.36. The van der Waals surface area contributed by atoms with Crippen molar-refractivity contribution in [3.8, 4) is 11.5 Å². The smallest absolute Gasteiger partial charge is 0.352 e. The van der Waals surface area contributed by atoms with Crippen LogP contribution in [0.1, 0.15) is 53.2 Å². The van der Waals surface area contributed by atoms with Crippen molar-refractivity contribution in [3.05, 3.63) is 77.3 Å². The van der Waals surface area contributed by atoms with Crippen LogP contribution < -0.4 is 0 Å². The minimum absolute atomic E-state index is 0.132. The lowest BCUT2D eigenvalue weighted by Crippen LogP contribution is -2.26. The summed E-state index contributed by atoms with van der Waals surface area (Å²) in [7, 11) is 0. The number of rotatable bonds is 7. The minimum atomic E-state index is -0.884. The Balaban J connectivity index is 1.25. The number of aryl methyl sites for hydroxylation is 2. The zero-order chi connectivity index (χ0) is 23.7. The topological polar surface area (TPSA) is 77.5 Å². The standard InChI is InChI=1S/C28H30N2O4/c1-18-10-12-21(13-11-18)27-29-24(19(2)34-27)17-33-23-8-5-6-20(14-23)16-30-25-9-4-3-7-22(25)15-26(30)28(31)32/h3-4,7,9-13,15,20,23H,5-6,8,14,16-17H2,1-2H3,(H,31,32). The largest absolute Gasteiger partial charge is 0.477 e. The average molecular weight is 459 g/mol. The van der Waals surface area contributed by atoms with Crippen molar-refractivity contribution in [2.24, 2.45) is 5.92 Å². The lowest BCUT2D eigenvalue weighted by atomic mass is 9.87. The Morgan fingerprint density at radius 2 is 1.94 bits per heavy atom. The summed E-state index contributed by atoms with van der Waals surface area (Å²) >= 11 is 0. The van der Waals surface area contributed by atoms with Crippen molar-refractivity contribution in [2.75, 3.05) is 0 Å². The first-order valence-electron chi connectivity index (χ1n) is 11.9. The van der Waals surface area contributed by atoms with E-state index in [1.165, 1.54) is 5.56 Å². The Bertz CT molecular complexity index is 1300. The first kappa shape index (κ1) is 22.4. The van der Waals surface area contributed by atoms with Crippen LogP contribution in [0.2, 0.25) is 0 Å². The summed E-state index contributed by atoms with van der Waals surface area (Å²) in [5, 5.41) is 10.7. The fourth-order valence-electron chi connectivity index (χ4n) is 4.98. The summed E-state index contributed by atoms with van der Waals surface area (Å²) in [6.45, 7) is 5.10. The molecule has 0 aliphatic heterocycles. The Labute approximate surface area is 199 Å². The molecule has 5 rings (SSSR count). The monoisotopic (exact) mass is 458 g/mol. The Kier molecular flexibility index (Phi) is 6.24. The lowest BCUT2D eigenvalue weighted by molar-refractivity contribution is -0.00165. The summed E-state index contributed by atoms with van der Waals surface area (Å²) < 4.78 is 14.1. The molecule has 2 heterocycles. The summed E-state index contributed by atoms with van der Waals surface area (Å²) in [5.74, 6) is 0.894. The summed E-state index contributed by atoms with van der Waals surface area (Å²) in [4.78, 5) is 16.5. The summed E-state index contributed by atoms with van der Waals surface area (Å²) in [6.07, 6.45) is 4.20. The fraction of sp³-hybridized carbons (Fsp3) is 0.357. The van der Waals surface area contributed by atoms with Gasteiger partial charge in [-0.05, 0) is 63.3 Å².